The zero-order valence-electron chi connectivity index (χ0n) is 36.9. The summed E-state index contributed by atoms with van der Waals surface area (Å²) in [6.07, 6.45) is 39.3. The number of carbonyl (C=O) groups excluding carboxylic acids is 1. The van der Waals surface area contributed by atoms with E-state index in [0.29, 0.717) is 6.42 Å². The molecule has 1 fully saturated rings. The summed E-state index contributed by atoms with van der Waals surface area (Å²) in [4.78, 5) is 13.0. The Kier molecular flexibility index (Phi) is 36.6. The zero-order valence-corrected chi connectivity index (χ0v) is 36.9. The molecule has 1 amide bonds. The Bertz CT molecular complexity index is 945. The second-order valence-electron chi connectivity index (χ2n) is 16.9. The van der Waals surface area contributed by atoms with Crippen LogP contribution in [-0.2, 0) is 14.3 Å². The molecule has 0 radical (unpaired) electrons. The molecule has 9 heteroatoms. The molecule has 0 aliphatic carbocycles. The van der Waals surface area contributed by atoms with Gasteiger partial charge in [0, 0.05) is 6.42 Å². The number of hydrogen-bond donors (Lipinski definition) is 6. The quantitative estimate of drug-likeness (QED) is 0.0265. The number of carbonyl (C=O) groups is 1. The number of hydrogen-bond acceptors (Lipinski definition) is 8. The van der Waals surface area contributed by atoms with Gasteiger partial charge in [-0.3, -0.25) is 4.79 Å². The van der Waals surface area contributed by atoms with E-state index in [1.807, 2.05) is 6.08 Å². The first-order chi connectivity index (χ1) is 27.8. The van der Waals surface area contributed by atoms with Crippen molar-refractivity contribution in [1.29, 1.82) is 0 Å². The van der Waals surface area contributed by atoms with Crippen molar-refractivity contribution in [3.8, 4) is 0 Å². The highest BCUT2D eigenvalue weighted by Crippen LogP contribution is 2.23. The number of aliphatic hydroxyl groups excluding tert-OH is 5. The summed E-state index contributed by atoms with van der Waals surface area (Å²) in [6.45, 7) is 3.77. The molecule has 2 unspecified atom stereocenters. The summed E-state index contributed by atoms with van der Waals surface area (Å²) >= 11 is 0. The molecule has 0 aromatic heterocycles. The minimum atomic E-state index is -1.56. The van der Waals surface area contributed by atoms with Crippen LogP contribution in [0.2, 0.25) is 0 Å². The monoisotopic (exact) mass is 810 g/mol. The largest absolute Gasteiger partial charge is 0.394 e. The van der Waals surface area contributed by atoms with E-state index in [2.05, 4.69) is 31.3 Å². The first-order valence-corrected chi connectivity index (χ1v) is 24.1. The van der Waals surface area contributed by atoms with Gasteiger partial charge in [-0.1, -0.05) is 192 Å². The summed E-state index contributed by atoms with van der Waals surface area (Å²) in [6, 6.07) is -0.801. The first-order valence-electron chi connectivity index (χ1n) is 24.1. The fraction of sp³-hybridized carbons (Fsp3) is 0.896. The van der Waals surface area contributed by atoms with E-state index in [1.54, 1.807) is 6.08 Å². The van der Waals surface area contributed by atoms with Crippen molar-refractivity contribution in [3.05, 3.63) is 24.3 Å². The summed E-state index contributed by atoms with van der Waals surface area (Å²) in [7, 11) is 0. The van der Waals surface area contributed by atoms with Crippen molar-refractivity contribution in [2.75, 3.05) is 13.2 Å². The Morgan fingerprint density at radius 1 is 0.579 bits per heavy atom. The van der Waals surface area contributed by atoms with Gasteiger partial charge in [0.1, 0.15) is 24.4 Å². The lowest BCUT2D eigenvalue weighted by atomic mass is 9.99. The van der Waals surface area contributed by atoms with Gasteiger partial charge in [-0.15, -0.1) is 0 Å². The van der Waals surface area contributed by atoms with Gasteiger partial charge in [0.2, 0.25) is 5.91 Å². The van der Waals surface area contributed by atoms with E-state index in [0.717, 1.165) is 38.5 Å². The van der Waals surface area contributed by atoms with Crippen LogP contribution in [0.5, 0.6) is 0 Å². The average molecular weight is 810 g/mol. The van der Waals surface area contributed by atoms with Gasteiger partial charge < -0.3 is 40.3 Å². The molecule has 9 nitrogen and oxygen atoms in total. The fourth-order valence-corrected chi connectivity index (χ4v) is 7.62. The lowest BCUT2D eigenvalue weighted by Crippen LogP contribution is -2.60. The molecule has 1 saturated heterocycles. The van der Waals surface area contributed by atoms with Gasteiger partial charge in [-0.2, -0.15) is 0 Å². The summed E-state index contributed by atoms with van der Waals surface area (Å²) in [5.74, 6) is -0.177. The molecule has 7 atom stereocenters. The van der Waals surface area contributed by atoms with Crippen LogP contribution in [0.3, 0.4) is 0 Å². The smallest absolute Gasteiger partial charge is 0.220 e. The third-order valence-corrected chi connectivity index (χ3v) is 11.5. The number of amides is 1. The second kappa shape index (κ2) is 38.8. The van der Waals surface area contributed by atoms with Crippen LogP contribution in [0.25, 0.3) is 0 Å². The summed E-state index contributed by atoms with van der Waals surface area (Å²) < 4.78 is 11.2. The molecule has 6 N–H and O–H groups in total. The lowest BCUT2D eigenvalue weighted by Gasteiger charge is -2.40. The Balaban J connectivity index is 2.29. The highest BCUT2D eigenvalue weighted by molar-refractivity contribution is 5.76. The number of aliphatic hydroxyl groups is 5. The summed E-state index contributed by atoms with van der Waals surface area (Å²) in [5, 5.41) is 54.2. The minimum absolute atomic E-state index is 0.177. The maximum atomic E-state index is 13.0. The van der Waals surface area contributed by atoms with Crippen molar-refractivity contribution in [2.24, 2.45) is 0 Å². The molecule has 1 aliphatic rings. The maximum absolute atomic E-state index is 13.0. The third-order valence-electron chi connectivity index (χ3n) is 11.5. The molecular formula is C48H91NO8. The highest BCUT2D eigenvalue weighted by Gasteiger charge is 2.44. The van der Waals surface area contributed by atoms with Crippen molar-refractivity contribution in [2.45, 2.75) is 262 Å². The molecule has 0 saturated carbocycles. The molecule has 336 valence electrons. The standard InChI is InChI=1S/C48H91NO8/c1-3-5-7-9-11-13-15-17-18-19-20-21-22-23-24-26-28-30-32-34-36-38-44(52)49-41(40-56-48-47(55)46(54)45(53)43(39-50)57-48)42(51)37-35-33-31-29-27-25-16-14-12-10-8-6-4-2/h17-18,35,37,41-43,45-48,50-51,53-55H,3-16,19-34,36,38-40H2,1-2H3,(H,49,52)/b18-17-,37-35+/t41-,42+,43+,45+,46?,47?,48+/m0/s1. The van der Waals surface area contributed by atoms with Gasteiger partial charge in [0.25, 0.3) is 0 Å². The van der Waals surface area contributed by atoms with Crippen molar-refractivity contribution >= 4 is 5.91 Å². The topological polar surface area (TPSA) is 149 Å². The zero-order chi connectivity index (χ0) is 41.6. The average Bonchev–Trinajstić information content (AvgIpc) is 3.21. The van der Waals surface area contributed by atoms with Crippen molar-refractivity contribution < 1.29 is 39.8 Å². The van der Waals surface area contributed by atoms with E-state index < -0.39 is 49.5 Å². The van der Waals surface area contributed by atoms with Crippen LogP contribution in [0.1, 0.15) is 219 Å². The van der Waals surface area contributed by atoms with Crippen LogP contribution in [0.4, 0.5) is 0 Å². The molecule has 1 heterocycles. The first kappa shape index (κ1) is 53.7. The number of rotatable bonds is 40. The van der Waals surface area contributed by atoms with Gasteiger partial charge in [-0.25, -0.2) is 0 Å². The Hall–Kier alpha value is -1.33. The molecule has 0 aromatic rings. The molecule has 1 rings (SSSR count). The van der Waals surface area contributed by atoms with Crippen LogP contribution in [0, 0.1) is 0 Å². The molecule has 0 spiro atoms. The van der Waals surface area contributed by atoms with Crippen LogP contribution >= 0.6 is 0 Å². The van der Waals surface area contributed by atoms with E-state index in [4.69, 9.17) is 9.47 Å². The molecule has 1 aliphatic heterocycles. The number of unbranched alkanes of at least 4 members (excludes halogenated alkanes) is 28. The number of ether oxygens (including phenoxy) is 2. The third kappa shape index (κ3) is 29.5. The van der Waals surface area contributed by atoms with E-state index in [-0.39, 0.29) is 12.5 Å². The van der Waals surface area contributed by atoms with Gasteiger partial charge in [-0.05, 0) is 44.9 Å². The molecule has 0 bridgehead atoms. The number of allylic oxidation sites excluding steroid dienone is 3. The van der Waals surface area contributed by atoms with Crippen LogP contribution < -0.4 is 5.32 Å². The van der Waals surface area contributed by atoms with Crippen LogP contribution in [-0.4, -0.2) is 87.5 Å². The van der Waals surface area contributed by atoms with E-state index >= 15 is 0 Å². The van der Waals surface area contributed by atoms with Gasteiger partial charge in [0.15, 0.2) is 6.29 Å². The lowest BCUT2D eigenvalue weighted by molar-refractivity contribution is -0.302. The highest BCUT2D eigenvalue weighted by atomic mass is 16.7. The van der Waals surface area contributed by atoms with Gasteiger partial charge in [0.05, 0.1) is 25.4 Å². The SMILES string of the molecule is CCCCCCCC/C=C\CCCCCCCCCCCCCC(=O)N[C@@H](CO[C@@H]1O[C@H](CO)[C@@H](O)C(O)C1O)[C@H](O)/C=C/CCCCCCCCCCCCC. The summed E-state index contributed by atoms with van der Waals surface area (Å²) in [5.41, 5.74) is 0. The molecular weight excluding hydrogens is 719 g/mol. The second-order valence-corrected chi connectivity index (χ2v) is 16.9. The Labute approximate surface area is 349 Å². The van der Waals surface area contributed by atoms with Crippen LogP contribution in [0.15, 0.2) is 24.3 Å². The number of nitrogens with one attached hydrogen (secondary N) is 1. The van der Waals surface area contributed by atoms with Gasteiger partial charge >= 0.3 is 0 Å². The predicted molar refractivity (Wildman–Crippen MR) is 235 cm³/mol. The molecule has 57 heavy (non-hydrogen) atoms. The predicted octanol–water partition coefficient (Wildman–Crippen LogP) is 10.3. The Morgan fingerprint density at radius 3 is 1.42 bits per heavy atom. The van der Waals surface area contributed by atoms with E-state index in [1.165, 1.54) is 161 Å². The minimum Gasteiger partial charge on any atom is -0.394 e. The maximum Gasteiger partial charge on any atom is 0.220 e. The van der Waals surface area contributed by atoms with Crippen molar-refractivity contribution in [3.63, 3.8) is 0 Å². The van der Waals surface area contributed by atoms with E-state index in [9.17, 15) is 30.3 Å². The normalized spacial score (nSPS) is 21.1. The fourth-order valence-electron chi connectivity index (χ4n) is 7.62. The molecule has 0 aromatic carbocycles. The Morgan fingerprint density at radius 2 is 0.982 bits per heavy atom. The van der Waals surface area contributed by atoms with Crippen molar-refractivity contribution in [1.82, 2.24) is 5.32 Å².